The number of anilines is 2. The van der Waals surface area contributed by atoms with Crippen molar-refractivity contribution in [2.45, 2.75) is 37.3 Å². The van der Waals surface area contributed by atoms with Gasteiger partial charge in [-0.05, 0) is 50.2 Å². The second kappa shape index (κ2) is 8.22. The first-order valence-electron chi connectivity index (χ1n) is 9.13. The van der Waals surface area contributed by atoms with E-state index in [1.165, 1.54) is 35.6 Å². The molecule has 0 saturated heterocycles. The fourth-order valence-corrected chi connectivity index (χ4v) is 4.13. The quantitative estimate of drug-likeness (QED) is 0.751. The number of hydrogen-bond donors (Lipinski definition) is 2. The van der Waals surface area contributed by atoms with Crippen molar-refractivity contribution in [3.8, 4) is 5.75 Å². The Morgan fingerprint density at radius 2 is 1.83 bits per heavy atom. The van der Waals surface area contributed by atoms with Crippen molar-refractivity contribution in [1.29, 1.82) is 0 Å². The molecule has 0 bridgehead atoms. The van der Waals surface area contributed by atoms with Gasteiger partial charge in [0, 0.05) is 18.8 Å². The van der Waals surface area contributed by atoms with Gasteiger partial charge in [-0.2, -0.15) is 4.31 Å². The zero-order valence-corrected chi connectivity index (χ0v) is 17.2. The topological polar surface area (TPSA) is 105 Å². The van der Waals surface area contributed by atoms with Crippen LogP contribution in [-0.4, -0.2) is 43.7 Å². The molecule has 1 atom stereocenters. The number of amides is 2. The molecule has 2 amide bonds. The minimum atomic E-state index is -3.59. The van der Waals surface area contributed by atoms with Crippen LogP contribution in [0.15, 0.2) is 53.4 Å². The lowest BCUT2D eigenvalue weighted by atomic mass is 10.1. The highest BCUT2D eigenvalue weighted by molar-refractivity contribution is 7.89. The van der Waals surface area contributed by atoms with Gasteiger partial charge in [0.1, 0.15) is 5.75 Å². The van der Waals surface area contributed by atoms with Gasteiger partial charge in [0.25, 0.3) is 5.91 Å². The number of rotatable bonds is 6. The molecule has 0 fully saturated rings. The van der Waals surface area contributed by atoms with Crippen molar-refractivity contribution in [2.24, 2.45) is 0 Å². The fourth-order valence-electron chi connectivity index (χ4n) is 2.76. The van der Waals surface area contributed by atoms with Crippen LogP contribution < -0.4 is 15.4 Å². The van der Waals surface area contributed by atoms with Crippen molar-refractivity contribution in [2.75, 3.05) is 17.7 Å². The van der Waals surface area contributed by atoms with Crippen molar-refractivity contribution in [1.82, 2.24) is 4.31 Å². The molecule has 3 rings (SSSR count). The summed E-state index contributed by atoms with van der Waals surface area (Å²) >= 11 is 0. The molecule has 2 aromatic carbocycles. The number of sulfonamides is 1. The molecule has 0 radical (unpaired) electrons. The van der Waals surface area contributed by atoms with Gasteiger partial charge in [0.05, 0.1) is 17.0 Å². The van der Waals surface area contributed by atoms with E-state index in [0.717, 1.165) is 0 Å². The third-order valence-electron chi connectivity index (χ3n) is 4.62. The molecule has 0 aliphatic carbocycles. The smallest absolute Gasteiger partial charge is 0.266 e. The maximum absolute atomic E-state index is 12.5. The summed E-state index contributed by atoms with van der Waals surface area (Å²) in [6.07, 6.45) is -1.11. The minimum Gasteiger partial charge on any atom is -0.478 e. The molecular weight excluding hydrogens is 394 g/mol. The molecule has 0 unspecified atom stereocenters. The molecule has 1 aliphatic heterocycles. The number of benzene rings is 2. The van der Waals surface area contributed by atoms with Crippen LogP contribution in [-0.2, 0) is 19.6 Å². The van der Waals surface area contributed by atoms with Gasteiger partial charge in [0.2, 0.25) is 15.9 Å². The Balaban J connectivity index is 1.64. The zero-order valence-electron chi connectivity index (χ0n) is 16.4. The Morgan fingerprint density at radius 1 is 1.17 bits per heavy atom. The molecule has 8 nitrogen and oxygen atoms in total. The van der Waals surface area contributed by atoms with E-state index >= 15 is 0 Å². The predicted molar refractivity (Wildman–Crippen MR) is 109 cm³/mol. The summed E-state index contributed by atoms with van der Waals surface area (Å²) in [6, 6.07) is 12.7. The van der Waals surface area contributed by atoms with Crippen molar-refractivity contribution >= 4 is 33.2 Å². The van der Waals surface area contributed by atoms with E-state index in [1.807, 2.05) is 0 Å². The number of carbonyl (C=O) groups excluding carboxylic acids is 2. The summed E-state index contributed by atoms with van der Waals surface area (Å²) in [6.45, 7) is 3.57. The predicted octanol–water partition coefficient (Wildman–Crippen LogP) is 2.44. The highest BCUT2D eigenvalue weighted by Gasteiger charge is 2.29. The lowest BCUT2D eigenvalue weighted by Crippen LogP contribution is -2.39. The number of hydrogen-bond acceptors (Lipinski definition) is 5. The summed E-state index contributed by atoms with van der Waals surface area (Å²) in [7, 11) is -2.08. The van der Waals surface area contributed by atoms with Gasteiger partial charge in [-0.25, -0.2) is 8.42 Å². The maximum atomic E-state index is 12.5. The molecule has 0 aromatic heterocycles. The molecular formula is C20H23N3O5S. The largest absolute Gasteiger partial charge is 0.478 e. The van der Waals surface area contributed by atoms with Crippen LogP contribution in [0.25, 0.3) is 0 Å². The monoisotopic (exact) mass is 417 g/mol. The van der Waals surface area contributed by atoms with Crippen LogP contribution in [0.5, 0.6) is 5.75 Å². The molecule has 1 heterocycles. The average Bonchev–Trinajstić information content (AvgIpc) is 2.68. The van der Waals surface area contributed by atoms with E-state index in [1.54, 1.807) is 38.1 Å². The second-order valence-electron chi connectivity index (χ2n) is 6.98. The number of ether oxygens (including phenoxy) is 1. The van der Waals surface area contributed by atoms with Crippen LogP contribution in [0, 0.1) is 0 Å². The highest BCUT2D eigenvalue weighted by Crippen LogP contribution is 2.29. The van der Waals surface area contributed by atoms with Gasteiger partial charge in [-0.3, -0.25) is 9.59 Å². The third-order valence-corrected chi connectivity index (χ3v) is 6.67. The Morgan fingerprint density at radius 3 is 2.48 bits per heavy atom. The molecule has 2 N–H and O–H groups in total. The number of nitrogens with zero attached hydrogens (tertiary/aromatic N) is 1. The van der Waals surface area contributed by atoms with Crippen LogP contribution in [0.4, 0.5) is 11.4 Å². The van der Waals surface area contributed by atoms with Gasteiger partial charge < -0.3 is 15.4 Å². The van der Waals surface area contributed by atoms with Crippen LogP contribution in [0.1, 0.15) is 20.3 Å². The number of carbonyl (C=O) groups is 2. The first kappa shape index (κ1) is 20.8. The van der Waals surface area contributed by atoms with E-state index < -0.39 is 27.9 Å². The second-order valence-corrected chi connectivity index (χ2v) is 8.98. The number of fused-ring (bicyclic) bond motifs is 1. The van der Waals surface area contributed by atoms with Crippen LogP contribution in [0.2, 0.25) is 0 Å². The normalized spacial score (nSPS) is 16.2. The minimum absolute atomic E-state index is 0.137. The first-order valence-corrected chi connectivity index (χ1v) is 10.6. The van der Waals surface area contributed by atoms with E-state index in [4.69, 9.17) is 4.74 Å². The lowest BCUT2D eigenvalue weighted by molar-refractivity contribution is -0.128. The van der Waals surface area contributed by atoms with E-state index in [9.17, 15) is 18.0 Å². The molecule has 29 heavy (non-hydrogen) atoms. The number of nitrogens with one attached hydrogen (secondary N) is 2. The zero-order chi connectivity index (χ0) is 21.2. The molecule has 0 spiro atoms. The average molecular weight is 417 g/mol. The summed E-state index contributed by atoms with van der Waals surface area (Å²) in [4.78, 5) is 24.6. The number of para-hydroxylation sites is 2. The Bertz CT molecular complexity index is 1020. The Labute approximate surface area is 169 Å². The van der Waals surface area contributed by atoms with E-state index in [2.05, 4.69) is 10.6 Å². The Hall–Kier alpha value is -2.91. The van der Waals surface area contributed by atoms with E-state index in [-0.39, 0.29) is 17.4 Å². The summed E-state index contributed by atoms with van der Waals surface area (Å²) in [5.41, 5.74) is 0.995. The van der Waals surface area contributed by atoms with Crippen molar-refractivity contribution in [3.05, 3.63) is 48.5 Å². The fraction of sp³-hybridized carbons (Fsp3) is 0.300. The SMILES string of the molecule is CC(C)N(C)S(=O)(=O)c1ccc(NC(=O)C[C@@H]2Oc3ccccc3NC2=O)cc1. The first-order chi connectivity index (χ1) is 13.7. The van der Waals surface area contributed by atoms with Crippen LogP contribution in [0.3, 0.4) is 0 Å². The molecule has 2 aromatic rings. The van der Waals surface area contributed by atoms with Crippen LogP contribution >= 0.6 is 0 Å². The maximum Gasteiger partial charge on any atom is 0.266 e. The molecule has 1 aliphatic rings. The molecule has 0 saturated carbocycles. The van der Waals surface area contributed by atoms with Gasteiger partial charge >= 0.3 is 0 Å². The van der Waals surface area contributed by atoms with Gasteiger partial charge in [-0.15, -0.1) is 0 Å². The van der Waals surface area contributed by atoms with Gasteiger partial charge in [0.15, 0.2) is 6.10 Å². The molecule has 9 heteroatoms. The highest BCUT2D eigenvalue weighted by atomic mass is 32.2. The molecule has 154 valence electrons. The lowest BCUT2D eigenvalue weighted by Gasteiger charge is -2.25. The van der Waals surface area contributed by atoms with E-state index in [0.29, 0.717) is 17.1 Å². The summed E-state index contributed by atoms with van der Waals surface area (Å²) in [5, 5.41) is 5.36. The Kier molecular flexibility index (Phi) is 5.90. The van der Waals surface area contributed by atoms with Gasteiger partial charge in [-0.1, -0.05) is 12.1 Å². The van der Waals surface area contributed by atoms with Crippen molar-refractivity contribution < 1.29 is 22.7 Å². The third kappa shape index (κ3) is 4.57. The standard InChI is InChI=1S/C20H23N3O5S/c1-13(2)23(3)29(26,27)15-10-8-14(9-11-15)21-19(24)12-18-20(25)22-16-6-4-5-7-17(16)28-18/h4-11,13,18H,12H2,1-3H3,(H,21,24)(H,22,25)/t18-/m0/s1. The summed E-state index contributed by atoms with van der Waals surface area (Å²) < 4.78 is 31.9. The summed E-state index contributed by atoms with van der Waals surface area (Å²) in [5.74, 6) is -0.301. The van der Waals surface area contributed by atoms with Crippen molar-refractivity contribution in [3.63, 3.8) is 0 Å².